The van der Waals surface area contributed by atoms with Crippen LogP contribution in [0.4, 0.5) is 0 Å². The molecule has 0 aliphatic carbocycles. The highest BCUT2D eigenvalue weighted by Crippen LogP contribution is 2.23. The zero-order chi connectivity index (χ0) is 53.6. The van der Waals surface area contributed by atoms with Gasteiger partial charge in [0.1, 0.15) is 24.4 Å². The lowest BCUT2D eigenvalue weighted by Gasteiger charge is -2.40. The molecule has 0 saturated carbocycles. The van der Waals surface area contributed by atoms with Crippen molar-refractivity contribution in [2.24, 2.45) is 0 Å². The van der Waals surface area contributed by atoms with Crippen molar-refractivity contribution in [3.63, 3.8) is 0 Å². The molecule has 74 heavy (non-hydrogen) atoms. The molecule has 7 atom stereocenters. The van der Waals surface area contributed by atoms with E-state index >= 15 is 0 Å². The quantitative estimate of drug-likeness (QED) is 0.0261. The van der Waals surface area contributed by atoms with Gasteiger partial charge in [-0.05, 0) is 19.3 Å². The molecule has 0 aromatic heterocycles. The maximum absolute atomic E-state index is 13.1. The summed E-state index contributed by atoms with van der Waals surface area (Å²) in [5.41, 5.74) is 0. The third kappa shape index (κ3) is 43.9. The van der Waals surface area contributed by atoms with Crippen LogP contribution in [0.2, 0.25) is 0 Å². The normalized spacial score (nSPS) is 18.9. The van der Waals surface area contributed by atoms with E-state index in [-0.39, 0.29) is 12.5 Å². The van der Waals surface area contributed by atoms with E-state index in [0.29, 0.717) is 6.42 Å². The number of allylic oxidation sites excluding steroid dienone is 1. The Morgan fingerprint density at radius 1 is 0.446 bits per heavy atom. The number of unbranched alkanes of at least 4 members (excludes halogenated alkanes) is 48. The van der Waals surface area contributed by atoms with Gasteiger partial charge in [-0.25, -0.2) is 0 Å². The number of amides is 1. The Bertz CT molecular complexity index is 1170. The number of nitrogens with one attached hydrogen (secondary N) is 1. The number of rotatable bonds is 58. The monoisotopic (exact) mass is 1050 g/mol. The molecule has 9 nitrogen and oxygen atoms in total. The Labute approximate surface area is 458 Å². The lowest BCUT2D eigenvalue weighted by Crippen LogP contribution is -2.60. The van der Waals surface area contributed by atoms with E-state index in [9.17, 15) is 30.3 Å². The second kappa shape index (κ2) is 55.3. The highest BCUT2D eigenvalue weighted by atomic mass is 16.7. The minimum absolute atomic E-state index is 0.169. The molecular formula is C65H127NO8. The van der Waals surface area contributed by atoms with Gasteiger partial charge < -0.3 is 40.3 Å². The fraction of sp³-hybridized carbons (Fsp3) is 0.954. The molecule has 0 aromatic carbocycles. The molecule has 1 saturated heterocycles. The lowest BCUT2D eigenvalue weighted by molar-refractivity contribution is -0.302. The molecule has 1 aliphatic heterocycles. The third-order valence-corrected chi connectivity index (χ3v) is 16.1. The second-order valence-corrected chi connectivity index (χ2v) is 23.3. The van der Waals surface area contributed by atoms with Crippen LogP contribution < -0.4 is 5.32 Å². The predicted molar refractivity (Wildman–Crippen MR) is 314 cm³/mol. The highest BCUT2D eigenvalue weighted by molar-refractivity contribution is 5.76. The molecule has 0 radical (unpaired) electrons. The molecule has 7 unspecified atom stereocenters. The average molecular weight is 1050 g/mol. The van der Waals surface area contributed by atoms with Gasteiger partial charge in [0.25, 0.3) is 0 Å². The molecule has 6 N–H and O–H groups in total. The van der Waals surface area contributed by atoms with Crippen LogP contribution in [0, 0.1) is 0 Å². The molecule has 9 heteroatoms. The fourth-order valence-corrected chi connectivity index (χ4v) is 10.9. The van der Waals surface area contributed by atoms with Crippen LogP contribution >= 0.6 is 0 Å². The fourth-order valence-electron chi connectivity index (χ4n) is 10.9. The SMILES string of the molecule is CCCCCCCCCCCCCCCCCCCCCCCCCCCCCCCC/C=C/C(O)C(COC1OC(CO)C(O)C(O)C1O)NC(=O)CCCCCCCCCCCCCCCCCCCCC. The van der Waals surface area contributed by atoms with Crippen molar-refractivity contribution in [3.05, 3.63) is 12.2 Å². The Hall–Kier alpha value is -1.07. The van der Waals surface area contributed by atoms with Crippen molar-refractivity contribution in [2.75, 3.05) is 13.2 Å². The minimum Gasteiger partial charge on any atom is -0.394 e. The van der Waals surface area contributed by atoms with Crippen LogP contribution in [-0.4, -0.2) is 87.5 Å². The first-order valence-electron chi connectivity index (χ1n) is 32.9. The molecule has 0 aromatic rings. The van der Waals surface area contributed by atoms with E-state index in [1.165, 1.54) is 283 Å². The molecule has 0 spiro atoms. The van der Waals surface area contributed by atoms with Gasteiger partial charge >= 0.3 is 0 Å². The minimum atomic E-state index is -1.56. The van der Waals surface area contributed by atoms with E-state index in [4.69, 9.17) is 9.47 Å². The zero-order valence-corrected chi connectivity index (χ0v) is 49.1. The number of hydrogen-bond acceptors (Lipinski definition) is 8. The number of aliphatic hydroxyl groups is 5. The van der Waals surface area contributed by atoms with Gasteiger partial charge in [-0.1, -0.05) is 328 Å². The summed E-state index contributed by atoms with van der Waals surface area (Å²) < 4.78 is 11.3. The molecule has 1 heterocycles. The first-order valence-corrected chi connectivity index (χ1v) is 32.9. The van der Waals surface area contributed by atoms with Crippen LogP contribution in [0.15, 0.2) is 12.2 Å². The van der Waals surface area contributed by atoms with Gasteiger partial charge in [0.15, 0.2) is 6.29 Å². The summed E-state index contributed by atoms with van der Waals surface area (Å²) in [6, 6.07) is -0.801. The van der Waals surface area contributed by atoms with Gasteiger partial charge in [0.05, 0.1) is 25.4 Å². The van der Waals surface area contributed by atoms with Gasteiger partial charge in [-0.2, -0.15) is 0 Å². The van der Waals surface area contributed by atoms with Crippen molar-refractivity contribution in [1.29, 1.82) is 0 Å². The second-order valence-electron chi connectivity index (χ2n) is 23.3. The maximum Gasteiger partial charge on any atom is 0.220 e. The summed E-state index contributed by atoms with van der Waals surface area (Å²) in [7, 11) is 0. The summed E-state index contributed by atoms with van der Waals surface area (Å²) in [5, 5.41) is 54.7. The lowest BCUT2D eigenvalue weighted by atomic mass is 9.99. The number of carbonyl (C=O) groups excluding carboxylic acids is 1. The van der Waals surface area contributed by atoms with E-state index < -0.39 is 49.5 Å². The highest BCUT2D eigenvalue weighted by Gasteiger charge is 2.44. The van der Waals surface area contributed by atoms with E-state index in [2.05, 4.69) is 19.2 Å². The summed E-state index contributed by atoms with van der Waals surface area (Å²) in [6.45, 7) is 3.84. The molecular weight excluding hydrogens is 923 g/mol. The van der Waals surface area contributed by atoms with E-state index in [1.54, 1.807) is 6.08 Å². The van der Waals surface area contributed by atoms with Crippen molar-refractivity contribution in [1.82, 2.24) is 5.32 Å². The van der Waals surface area contributed by atoms with Crippen LogP contribution in [0.25, 0.3) is 0 Å². The Morgan fingerprint density at radius 3 is 1.05 bits per heavy atom. The average Bonchev–Trinajstić information content (AvgIpc) is 3.40. The molecule has 1 aliphatic rings. The van der Waals surface area contributed by atoms with Crippen LogP contribution in [0.3, 0.4) is 0 Å². The third-order valence-electron chi connectivity index (χ3n) is 16.1. The topological polar surface area (TPSA) is 149 Å². The van der Waals surface area contributed by atoms with Crippen molar-refractivity contribution >= 4 is 5.91 Å². The Morgan fingerprint density at radius 2 is 0.743 bits per heavy atom. The van der Waals surface area contributed by atoms with Crippen molar-refractivity contribution in [3.8, 4) is 0 Å². The molecule has 1 rings (SSSR count). The van der Waals surface area contributed by atoms with Crippen LogP contribution in [-0.2, 0) is 14.3 Å². The van der Waals surface area contributed by atoms with Crippen molar-refractivity contribution in [2.45, 2.75) is 384 Å². The van der Waals surface area contributed by atoms with Crippen LogP contribution in [0.1, 0.15) is 341 Å². The Balaban J connectivity index is 2.12. The summed E-state index contributed by atoms with van der Waals surface area (Å²) in [6.07, 6.45) is 63.1. The number of aliphatic hydroxyl groups excluding tert-OH is 5. The smallest absolute Gasteiger partial charge is 0.220 e. The number of ether oxygens (including phenoxy) is 2. The number of carbonyl (C=O) groups is 1. The summed E-state index contributed by atoms with van der Waals surface area (Å²) in [4.78, 5) is 13.1. The first kappa shape index (κ1) is 70.9. The van der Waals surface area contributed by atoms with Gasteiger partial charge in [0.2, 0.25) is 5.91 Å². The zero-order valence-electron chi connectivity index (χ0n) is 49.1. The Kier molecular flexibility index (Phi) is 53.0. The summed E-state index contributed by atoms with van der Waals surface area (Å²) >= 11 is 0. The molecule has 0 bridgehead atoms. The number of hydrogen-bond donors (Lipinski definition) is 6. The van der Waals surface area contributed by atoms with Crippen molar-refractivity contribution < 1.29 is 39.8 Å². The maximum atomic E-state index is 13.1. The predicted octanol–water partition coefficient (Wildman–Crippen LogP) is 17.1. The largest absolute Gasteiger partial charge is 0.394 e. The standard InChI is InChI=1S/C65H127NO8/c1-3-5-7-9-11-13-15-17-19-21-23-24-25-26-27-28-29-30-31-32-33-34-35-37-38-40-42-44-46-48-50-52-54-59(68)58(57-73-65-64(72)63(71)62(70)60(56-67)74-65)66-61(69)55-53-51-49-47-45-43-41-39-36-22-20-18-16-14-12-10-8-6-4-2/h52,54,58-60,62-65,67-68,70-72H,3-51,53,55-57H2,1-2H3,(H,66,69)/b54-52+. The molecule has 1 amide bonds. The van der Waals surface area contributed by atoms with Crippen LogP contribution in [0.5, 0.6) is 0 Å². The van der Waals surface area contributed by atoms with Gasteiger partial charge in [-0.3, -0.25) is 4.79 Å². The van der Waals surface area contributed by atoms with E-state index in [1.807, 2.05) is 6.08 Å². The summed E-state index contributed by atoms with van der Waals surface area (Å²) in [5.74, 6) is -0.169. The molecule has 440 valence electrons. The van der Waals surface area contributed by atoms with Gasteiger partial charge in [0, 0.05) is 6.42 Å². The van der Waals surface area contributed by atoms with Gasteiger partial charge in [-0.15, -0.1) is 0 Å². The first-order chi connectivity index (χ1) is 36.3. The molecule has 1 fully saturated rings. The van der Waals surface area contributed by atoms with E-state index in [0.717, 1.165) is 38.5 Å².